The van der Waals surface area contributed by atoms with Crippen LogP contribution >= 0.6 is 0 Å². The lowest BCUT2D eigenvalue weighted by molar-refractivity contribution is -0.117. The molecule has 0 saturated carbocycles. The molecule has 0 bridgehead atoms. The summed E-state index contributed by atoms with van der Waals surface area (Å²) in [7, 11) is 0. The summed E-state index contributed by atoms with van der Waals surface area (Å²) in [5.41, 5.74) is 0. The fraction of sp³-hybridized carbons (Fsp3) is 0.700. The van der Waals surface area contributed by atoms with Crippen LogP contribution in [0.1, 0.15) is 26.7 Å². The number of ether oxygens (including phenoxy) is 1. The molecule has 72 valence electrons. The Bertz CT molecular complexity index is 239. The SMILES string of the molecule is CC#CC(=O)NC1CCOC(C)C1. The zero-order valence-electron chi connectivity index (χ0n) is 8.09. The van der Waals surface area contributed by atoms with Gasteiger partial charge in [-0.25, -0.2) is 0 Å². The Balaban J connectivity index is 2.34. The molecule has 1 aliphatic rings. The van der Waals surface area contributed by atoms with Crippen molar-refractivity contribution in [3.8, 4) is 11.8 Å². The highest BCUT2D eigenvalue weighted by molar-refractivity contribution is 5.93. The van der Waals surface area contributed by atoms with Gasteiger partial charge in [0.15, 0.2) is 0 Å². The van der Waals surface area contributed by atoms with Gasteiger partial charge in [0, 0.05) is 12.6 Å². The molecule has 1 fully saturated rings. The molecule has 0 aromatic heterocycles. The number of hydrogen-bond donors (Lipinski definition) is 1. The predicted octanol–water partition coefficient (Wildman–Crippen LogP) is 0.693. The second-order valence-electron chi connectivity index (χ2n) is 3.25. The Hall–Kier alpha value is -1.01. The molecular formula is C10H15NO2. The first-order valence-electron chi connectivity index (χ1n) is 4.57. The predicted molar refractivity (Wildman–Crippen MR) is 50.0 cm³/mol. The molecule has 3 heteroatoms. The van der Waals surface area contributed by atoms with E-state index in [2.05, 4.69) is 17.2 Å². The van der Waals surface area contributed by atoms with E-state index in [0.29, 0.717) is 0 Å². The summed E-state index contributed by atoms with van der Waals surface area (Å²) in [5, 5.41) is 2.86. The average Bonchev–Trinajstić information content (AvgIpc) is 2.04. The van der Waals surface area contributed by atoms with Crippen molar-refractivity contribution < 1.29 is 9.53 Å². The lowest BCUT2D eigenvalue weighted by Gasteiger charge is -2.27. The van der Waals surface area contributed by atoms with E-state index in [1.807, 2.05) is 6.92 Å². The minimum absolute atomic E-state index is 0.179. The van der Waals surface area contributed by atoms with Crippen molar-refractivity contribution in [2.45, 2.75) is 38.8 Å². The molecule has 1 heterocycles. The lowest BCUT2D eigenvalue weighted by atomic mass is 10.0. The Morgan fingerprint density at radius 1 is 1.62 bits per heavy atom. The maximum Gasteiger partial charge on any atom is 0.296 e. The molecule has 0 aromatic rings. The third-order valence-corrected chi connectivity index (χ3v) is 2.06. The number of carbonyl (C=O) groups is 1. The highest BCUT2D eigenvalue weighted by Crippen LogP contribution is 2.12. The largest absolute Gasteiger partial charge is 0.378 e. The zero-order chi connectivity index (χ0) is 9.68. The summed E-state index contributed by atoms with van der Waals surface area (Å²) in [4.78, 5) is 11.1. The first kappa shape index (κ1) is 10.1. The van der Waals surface area contributed by atoms with Crippen LogP contribution in [0.4, 0.5) is 0 Å². The van der Waals surface area contributed by atoms with Crippen LogP contribution in [0.5, 0.6) is 0 Å². The fourth-order valence-corrected chi connectivity index (χ4v) is 1.46. The van der Waals surface area contributed by atoms with Crippen molar-refractivity contribution in [3.05, 3.63) is 0 Å². The molecule has 0 aliphatic carbocycles. The van der Waals surface area contributed by atoms with Crippen LogP contribution in [0.15, 0.2) is 0 Å². The van der Waals surface area contributed by atoms with E-state index >= 15 is 0 Å². The standard InChI is InChI=1S/C10H15NO2/c1-3-4-10(12)11-9-5-6-13-8(2)7-9/h8-9H,5-7H2,1-2H3,(H,11,12). The lowest BCUT2D eigenvalue weighted by Crippen LogP contribution is -2.40. The molecule has 1 rings (SSSR count). The van der Waals surface area contributed by atoms with Gasteiger partial charge in [0.05, 0.1) is 6.10 Å². The minimum Gasteiger partial charge on any atom is -0.378 e. The summed E-state index contributed by atoms with van der Waals surface area (Å²) in [6.07, 6.45) is 2.02. The van der Waals surface area contributed by atoms with Gasteiger partial charge in [0.1, 0.15) is 0 Å². The van der Waals surface area contributed by atoms with Crippen LogP contribution in [0.3, 0.4) is 0 Å². The molecule has 1 saturated heterocycles. The second-order valence-corrected chi connectivity index (χ2v) is 3.25. The monoisotopic (exact) mass is 181 g/mol. The van der Waals surface area contributed by atoms with Crippen molar-refractivity contribution in [1.82, 2.24) is 5.32 Å². The maximum absolute atomic E-state index is 11.1. The highest BCUT2D eigenvalue weighted by Gasteiger charge is 2.19. The van der Waals surface area contributed by atoms with E-state index < -0.39 is 0 Å². The van der Waals surface area contributed by atoms with E-state index in [1.165, 1.54) is 0 Å². The summed E-state index contributed by atoms with van der Waals surface area (Å²) in [6, 6.07) is 0.233. The summed E-state index contributed by atoms with van der Waals surface area (Å²) in [5.74, 6) is 4.86. The van der Waals surface area contributed by atoms with E-state index in [1.54, 1.807) is 6.92 Å². The molecule has 1 N–H and O–H groups in total. The van der Waals surface area contributed by atoms with Crippen LogP contribution in [0.25, 0.3) is 0 Å². The first-order valence-corrected chi connectivity index (χ1v) is 4.57. The number of amides is 1. The summed E-state index contributed by atoms with van der Waals surface area (Å²) >= 11 is 0. The van der Waals surface area contributed by atoms with E-state index in [0.717, 1.165) is 19.4 Å². The Kier molecular flexibility index (Phi) is 3.78. The molecule has 2 atom stereocenters. The van der Waals surface area contributed by atoms with Gasteiger partial charge in [-0.15, -0.1) is 0 Å². The van der Waals surface area contributed by atoms with Gasteiger partial charge in [-0.2, -0.15) is 0 Å². The zero-order valence-corrected chi connectivity index (χ0v) is 8.09. The smallest absolute Gasteiger partial charge is 0.296 e. The topological polar surface area (TPSA) is 38.3 Å². The molecule has 2 unspecified atom stereocenters. The minimum atomic E-state index is -0.179. The second kappa shape index (κ2) is 4.88. The Morgan fingerprint density at radius 2 is 2.38 bits per heavy atom. The summed E-state index contributed by atoms with van der Waals surface area (Å²) < 4.78 is 5.36. The highest BCUT2D eigenvalue weighted by atomic mass is 16.5. The summed E-state index contributed by atoms with van der Waals surface area (Å²) in [6.45, 7) is 4.40. The first-order chi connectivity index (χ1) is 6.22. The number of carbonyl (C=O) groups excluding carboxylic acids is 1. The maximum atomic E-state index is 11.1. The van der Waals surface area contributed by atoms with Crippen molar-refractivity contribution in [2.75, 3.05) is 6.61 Å². The van der Waals surface area contributed by atoms with Crippen molar-refractivity contribution in [1.29, 1.82) is 0 Å². The Morgan fingerprint density at radius 3 is 3.00 bits per heavy atom. The number of rotatable bonds is 1. The van der Waals surface area contributed by atoms with Gasteiger partial charge in [0.25, 0.3) is 5.91 Å². The third kappa shape index (κ3) is 3.47. The normalized spacial score (nSPS) is 27.2. The van der Waals surface area contributed by atoms with Crippen LogP contribution in [-0.4, -0.2) is 24.7 Å². The third-order valence-electron chi connectivity index (χ3n) is 2.06. The Labute approximate surface area is 78.8 Å². The van der Waals surface area contributed by atoms with Crippen LogP contribution < -0.4 is 5.32 Å². The molecule has 1 amide bonds. The fourth-order valence-electron chi connectivity index (χ4n) is 1.46. The van der Waals surface area contributed by atoms with Crippen molar-refractivity contribution in [3.63, 3.8) is 0 Å². The molecule has 13 heavy (non-hydrogen) atoms. The molecular weight excluding hydrogens is 166 g/mol. The van der Waals surface area contributed by atoms with Gasteiger partial charge < -0.3 is 10.1 Å². The van der Waals surface area contributed by atoms with Crippen LogP contribution in [-0.2, 0) is 9.53 Å². The molecule has 0 aromatic carbocycles. The molecule has 3 nitrogen and oxygen atoms in total. The quantitative estimate of drug-likeness (QED) is 0.604. The van der Waals surface area contributed by atoms with Gasteiger partial charge in [-0.3, -0.25) is 4.79 Å². The average molecular weight is 181 g/mol. The van der Waals surface area contributed by atoms with Crippen LogP contribution in [0.2, 0.25) is 0 Å². The van der Waals surface area contributed by atoms with Crippen LogP contribution in [0, 0.1) is 11.8 Å². The van der Waals surface area contributed by atoms with E-state index in [9.17, 15) is 4.79 Å². The van der Waals surface area contributed by atoms with Crippen molar-refractivity contribution in [2.24, 2.45) is 0 Å². The van der Waals surface area contributed by atoms with Gasteiger partial charge in [0.2, 0.25) is 0 Å². The van der Waals surface area contributed by atoms with Gasteiger partial charge in [-0.05, 0) is 32.6 Å². The number of hydrogen-bond acceptors (Lipinski definition) is 2. The number of nitrogens with one attached hydrogen (secondary N) is 1. The van der Waals surface area contributed by atoms with Gasteiger partial charge in [-0.1, -0.05) is 5.92 Å². The van der Waals surface area contributed by atoms with Crippen molar-refractivity contribution >= 4 is 5.91 Å². The van der Waals surface area contributed by atoms with E-state index in [4.69, 9.17) is 4.74 Å². The molecule has 0 radical (unpaired) electrons. The molecule has 1 aliphatic heterocycles. The molecule has 0 spiro atoms. The van der Waals surface area contributed by atoms with Gasteiger partial charge >= 0.3 is 0 Å². The van der Waals surface area contributed by atoms with E-state index in [-0.39, 0.29) is 18.1 Å².